The smallest absolute Gasteiger partial charge is 0.395 e. The number of rotatable bonds is 7. The highest BCUT2D eigenvalue weighted by molar-refractivity contribution is 5.92. The van der Waals surface area contributed by atoms with Gasteiger partial charge in [0.25, 0.3) is 0 Å². The first kappa shape index (κ1) is 26.5. The number of aliphatic hydroxyl groups is 1. The lowest BCUT2D eigenvalue weighted by molar-refractivity contribution is -0.215. The van der Waals surface area contributed by atoms with E-state index in [0.29, 0.717) is 43.3 Å². The molecule has 1 saturated carbocycles. The van der Waals surface area contributed by atoms with Gasteiger partial charge in [-0.15, -0.1) is 0 Å². The lowest BCUT2D eigenvalue weighted by Crippen LogP contribution is -2.49. The first-order chi connectivity index (χ1) is 18.1. The van der Waals surface area contributed by atoms with Crippen molar-refractivity contribution in [1.29, 1.82) is 0 Å². The third kappa shape index (κ3) is 4.65. The van der Waals surface area contributed by atoms with Crippen LogP contribution in [0, 0.1) is 0 Å². The highest BCUT2D eigenvalue weighted by Gasteiger charge is 2.61. The summed E-state index contributed by atoms with van der Waals surface area (Å²) in [5.41, 5.74) is 1.94. The van der Waals surface area contributed by atoms with Crippen molar-refractivity contribution < 1.29 is 18.3 Å². The second kappa shape index (κ2) is 10.2. The van der Waals surface area contributed by atoms with Gasteiger partial charge in [0.05, 0.1) is 12.1 Å². The number of anilines is 3. The van der Waals surface area contributed by atoms with E-state index in [1.54, 1.807) is 6.07 Å². The van der Waals surface area contributed by atoms with Gasteiger partial charge in [-0.05, 0) is 61.4 Å². The summed E-state index contributed by atoms with van der Waals surface area (Å²) in [6, 6.07) is 14.0. The fourth-order valence-electron chi connectivity index (χ4n) is 5.88. The Bertz CT molecular complexity index is 1280. The molecule has 2 heterocycles. The van der Waals surface area contributed by atoms with Crippen molar-refractivity contribution in [3.8, 4) is 0 Å². The molecule has 204 valence electrons. The van der Waals surface area contributed by atoms with Crippen LogP contribution in [0.1, 0.15) is 49.4 Å². The van der Waals surface area contributed by atoms with E-state index in [-0.39, 0.29) is 25.3 Å². The lowest BCUT2D eigenvalue weighted by Gasteiger charge is -2.42. The zero-order chi connectivity index (χ0) is 27.1. The van der Waals surface area contributed by atoms with E-state index in [4.69, 9.17) is 4.98 Å². The molecule has 0 spiro atoms. The minimum atomic E-state index is -4.39. The van der Waals surface area contributed by atoms with Gasteiger partial charge in [-0.1, -0.05) is 24.6 Å². The molecule has 1 aliphatic carbocycles. The molecule has 2 aliphatic rings. The predicted molar refractivity (Wildman–Crippen MR) is 146 cm³/mol. The second-order valence-electron chi connectivity index (χ2n) is 10.9. The zero-order valence-electron chi connectivity index (χ0n) is 22.3. The van der Waals surface area contributed by atoms with Crippen molar-refractivity contribution in [2.45, 2.75) is 49.6 Å². The van der Waals surface area contributed by atoms with Crippen LogP contribution >= 0.6 is 0 Å². The quantitative estimate of drug-likeness (QED) is 0.439. The summed E-state index contributed by atoms with van der Waals surface area (Å²) in [6.45, 7) is 1.86. The molecule has 5 rings (SSSR count). The number of hydrogen-bond donors (Lipinski definition) is 1. The summed E-state index contributed by atoms with van der Waals surface area (Å²) in [6.07, 6.45) is -2.02. The number of halogens is 3. The fourth-order valence-corrected chi connectivity index (χ4v) is 5.88. The Morgan fingerprint density at radius 2 is 1.74 bits per heavy atom. The number of nitrogens with zero attached hydrogens (tertiary/aromatic N) is 5. The lowest BCUT2D eigenvalue weighted by atomic mass is 9.67. The van der Waals surface area contributed by atoms with E-state index >= 15 is 0 Å². The molecule has 38 heavy (non-hydrogen) atoms. The number of alkyl halides is 3. The van der Waals surface area contributed by atoms with Crippen LogP contribution < -0.4 is 14.7 Å². The number of fused-ring (bicyclic) bond motifs is 1. The monoisotopic (exact) mass is 527 g/mol. The minimum absolute atomic E-state index is 0.00682. The van der Waals surface area contributed by atoms with E-state index in [1.165, 1.54) is 11.3 Å². The van der Waals surface area contributed by atoms with Crippen molar-refractivity contribution in [3.63, 3.8) is 0 Å². The van der Waals surface area contributed by atoms with Crippen molar-refractivity contribution in [1.82, 2.24) is 9.97 Å². The van der Waals surface area contributed by atoms with Gasteiger partial charge in [0.1, 0.15) is 17.1 Å². The molecule has 0 atom stereocenters. The van der Waals surface area contributed by atoms with Crippen molar-refractivity contribution in [3.05, 3.63) is 53.9 Å². The number of para-hydroxylation sites is 1. The Morgan fingerprint density at radius 3 is 2.34 bits per heavy atom. The van der Waals surface area contributed by atoms with Crippen LogP contribution in [0.5, 0.6) is 0 Å². The number of aliphatic hydroxyl groups excluding tert-OH is 1. The topological polar surface area (TPSA) is 55.7 Å². The molecule has 2 aromatic carbocycles. The summed E-state index contributed by atoms with van der Waals surface area (Å²) in [5, 5.41) is 10.1. The maximum Gasteiger partial charge on any atom is 0.401 e. The Kier molecular flexibility index (Phi) is 7.15. The van der Waals surface area contributed by atoms with Gasteiger partial charge in [0, 0.05) is 57.5 Å². The third-order valence-electron chi connectivity index (χ3n) is 8.37. The summed E-state index contributed by atoms with van der Waals surface area (Å²) in [4.78, 5) is 15.4. The molecule has 0 radical (unpaired) electrons. The summed E-state index contributed by atoms with van der Waals surface area (Å²) in [5.74, 6) is 0.853. The highest BCUT2D eigenvalue weighted by atomic mass is 19.4. The molecule has 1 aliphatic heterocycles. The summed E-state index contributed by atoms with van der Waals surface area (Å²) < 4.78 is 42.9. The number of likely N-dealkylation sites (N-methyl/N-ethyl adjacent to an activating group) is 1. The van der Waals surface area contributed by atoms with Crippen LogP contribution in [0.15, 0.2) is 42.5 Å². The molecule has 1 aromatic heterocycles. The van der Waals surface area contributed by atoms with Crippen LogP contribution in [-0.4, -0.2) is 68.6 Å². The van der Waals surface area contributed by atoms with Gasteiger partial charge < -0.3 is 19.8 Å². The summed E-state index contributed by atoms with van der Waals surface area (Å²) in [7, 11) is 5.97. The largest absolute Gasteiger partial charge is 0.401 e. The van der Waals surface area contributed by atoms with Crippen LogP contribution in [0.4, 0.5) is 30.4 Å². The molecule has 1 N–H and O–H groups in total. The first-order valence-electron chi connectivity index (χ1n) is 13.4. The number of benzene rings is 2. The predicted octanol–water partition coefficient (Wildman–Crippen LogP) is 5.49. The molecule has 2 fully saturated rings. The number of piperidine rings is 1. The van der Waals surface area contributed by atoms with Crippen LogP contribution in [0.2, 0.25) is 0 Å². The number of hydrogen-bond acceptors (Lipinski definition) is 6. The van der Waals surface area contributed by atoms with Gasteiger partial charge in [-0.2, -0.15) is 13.2 Å². The van der Waals surface area contributed by atoms with E-state index in [9.17, 15) is 18.3 Å². The van der Waals surface area contributed by atoms with E-state index in [0.717, 1.165) is 23.9 Å². The molecule has 0 unspecified atom stereocenters. The van der Waals surface area contributed by atoms with Crippen LogP contribution in [-0.2, 0) is 5.41 Å². The molecular weight excluding hydrogens is 491 g/mol. The second-order valence-corrected chi connectivity index (χ2v) is 10.9. The normalized spacial score (nSPS) is 17.9. The minimum Gasteiger partial charge on any atom is -0.395 e. The SMILES string of the molecule is CN(C)c1ccccc1C1CCN(c2nc(C3(C(F)(F)F)CCC3)nc3ccc(N(C)CCO)cc23)CC1. The molecular formula is C29H36F3N5O. The zero-order valence-corrected chi connectivity index (χ0v) is 22.3. The van der Waals surface area contributed by atoms with E-state index in [2.05, 4.69) is 33.0 Å². The van der Waals surface area contributed by atoms with Gasteiger partial charge in [-0.25, -0.2) is 9.97 Å². The molecule has 0 bridgehead atoms. The van der Waals surface area contributed by atoms with Gasteiger partial charge in [0.15, 0.2) is 0 Å². The summed E-state index contributed by atoms with van der Waals surface area (Å²) >= 11 is 0. The standard InChI is InChI=1S/C29H36F3N5O/c1-35(2)25-8-5-4-7-22(25)20-11-15-37(16-12-20)26-23-19-21(36(3)17-18-38)9-10-24(23)33-27(34-26)28(13-6-14-28)29(30,31)32/h4-5,7-10,19-20,38H,6,11-18H2,1-3H3. The van der Waals surface area contributed by atoms with Gasteiger partial charge >= 0.3 is 6.18 Å². The Balaban J connectivity index is 1.53. The molecule has 1 saturated heterocycles. The Labute approximate surface area is 222 Å². The van der Waals surface area contributed by atoms with Gasteiger partial charge in [-0.3, -0.25) is 0 Å². The maximum atomic E-state index is 14.3. The van der Waals surface area contributed by atoms with Crippen molar-refractivity contribution in [2.75, 3.05) is 62.1 Å². The molecule has 0 amide bonds. The van der Waals surface area contributed by atoms with E-state index < -0.39 is 11.6 Å². The number of aromatic nitrogens is 2. The Morgan fingerprint density at radius 1 is 1.03 bits per heavy atom. The van der Waals surface area contributed by atoms with Crippen molar-refractivity contribution >= 4 is 28.1 Å². The van der Waals surface area contributed by atoms with Crippen LogP contribution in [0.25, 0.3) is 10.9 Å². The average Bonchev–Trinajstić information content (AvgIpc) is 2.86. The third-order valence-corrected chi connectivity index (χ3v) is 8.37. The van der Waals surface area contributed by atoms with Crippen molar-refractivity contribution in [2.24, 2.45) is 0 Å². The van der Waals surface area contributed by atoms with E-state index in [1.807, 2.05) is 44.2 Å². The Hall–Kier alpha value is -3.07. The van der Waals surface area contributed by atoms with Crippen LogP contribution in [0.3, 0.4) is 0 Å². The highest BCUT2D eigenvalue weighted by Crippen LogP contribution is 2.54. The maximum absolute atomic E-state index is 14.3. The first-order valence-corrected chi connectivity index (χ1v) is 13.4. The molecule has 3 aromatic rings. The van der Waals surface area contributed by atoms with Gasteiger partial charge in [0.2, 0.25) is 0 Å². The molecule has 6 nitrogen and oxygen atoms in total. The fraction of sp³-hybridized carbons (Fsp3) is 0.517. The average molecular weight is 528 g/mol. The molecule has 9 heteroatoms.